The van der Waals surface area contributed by atoms with Gasteiger partial charge < -0.3 is 20.6 Å². The maximum absolute atomic E-state index is 10.9. The van der Waals surface area contributed by atoms with E-state index in [2.05, 4.69) is 4.98 Å². The number of nitrogens with two attached hydrogens (primary N) is 1. The lowest BCUT2D eigenvalue weighted by molar-refractivity contribution is -0.138. The van der Waals surface area contributed by atoms with E-state index >= 15 is 0 Å². The zero-order chi connectivity index (χ0) is 16.2. The number of hydrogen-bond acceptors (Lipinski definition) is 3. The van der Waals surface area contributed by atoms with Crippen LogP contribution in [0.25, 0.3) is 10.9 Å². The lowest BCUT2D eigenvalue weighted by Gasteiger charge is -2.07. The molecule has 0 saturated carbocycles. The molecule has 1 unspecified atom stereocenters. The monoisotopic (exact) mass is 310 g/mol. The highest BCUT2D eigenvalue weighted by atomic mass is 16.5. The first-order valence-electron chi connectivity index (χ1n) is 7.38. The molecule has 0 radical (unpaired) electrons. The second-order valence-electron chi connectivity index (χ2n) is 5.44. The molecule has 1 aromatic heterocycles. The van der Waals surface area contributed by atoms with E-state index in [1.165, 1.54) is 0 Å². The Labute approximate surface area is 133 Å². The van der Waals surface area contributed by atoms with E-state index in [4.69, 9.17) is 15.6 Å². The molecule has 4 N–H and O–H groups in total. The number of rotatable bonds is 6. The van der Waals surface area contributed by atoms with Crippen LogP contribution in [-0.4, -0.2) is 22.1 Å². The zero-order valence-corrected chi connectivity index (χ0v) is 12.5. The Kier molecular flexibility index (Phi) is 4.30. The van der Waals surface area contributed by atoms with Crippen LogP contribution in [0.4, 0.5) is 0 Å². The largest absolute Gasteiger partial charge is 0.489 e. The van der Waals surface area contributed by atoms with Crippen LogP contribution in [0.5, 0.6) is 5.75 Å². The average Bonchev–Trinajstić information content (AvgIpc) is 2.96. The van der Waals surface area contributed by atoms with Crippen LogP contribution in [-0.2, 0) is 17.8 Å². The van der Waals surface area contributed by atoms with Gasteiger partial charge in [-0.2, -0.15) is 0 Å². The second kappa shape index (κ2) is 6.54. The summed E-state index contributed by atoms with van der Waals surface area (Å²) in [4.78, 5) is 14.0. The van der Waals surface area contributed by atoms with Crippen molar-refractivity contribution in [2.45, 2.75) is 19.1 Å². The first kappa shape index (κ1) is 15.1. The van der Waals surface area contributed by atoms with Gasteiger partial charge in [0.1, 0.15) is 18.4 Å². The predicted molar refractivity (Wildman–Crippen MR) is 88.4 cm³/mol. The molecule has 23 heavy (non-hydrogen) atoms. The summed E-state index contributed by atoms with van der Waals surface area (Å²) in [7, 11) is 0. The van der Waals surface area contributed by atoms with Crippen molar-refractivity contribution in [2.75, 3.05) is 0 Å². The first-order chi connectivity index (χ1) is 11.1. The number of hydrogen-bond donors (Lipinski definition) is 3. The van der Waals surface area contributed by atoms with Crippen molar-refractivity contribution in [1.29, 1.82) is 0 Å². The van der Waals surface area contributed by atoms with Gasteiger partial charge in [-0.25, -0.2) is 0 Å². The molecular formula is C18H18N2O3. The quantitative estimate of drug-likeness (QED) is 0.653. The molecule has 0 fully saturated rings. The molecule has 1 heterocycles. The fraction of sp³-hybridized carbons (Fsp3) is 0.167. The molecule has 3 rings (SSSR count). The van der Waals surface area contributed by atoms with Gasteiger partial charge in [0.2, 0.25) is 0 Å². The van der Waals surface area contributed by atoms with E-state index in [0.717, 1.165) is 27.8 Å². The van der Waals surface area contributed by atoms with Gasteiger partial charge in [-0.3, -0.25) is 4.79 Å². The van der Waals surface area contributed by atoms with Gasteiger partial charge >= 0.3 is 5.97 Å². The molecule has 0 aliphatic heterocycles. The third-order valence-corrected chi connectivity index (χ3v) is 3.74. The summed E-state index contributed by atoms with van der Waals surface area (Å²) in [6.07, 6.45) is 2.09. The molecule has 1 atom stereocenters. The summed E-state index contributed by atoms with van der Waals surface area (Å²) in [5, 5.41) is 9.89. The van der Waals surface area contributed by atoms with Crippen molar-refractivity contribution in [3.63, 3.8) is 0 Å². The molecule has 0 amide bonds. The van der Waals surface area contributed by atoms with Crippen molar-refractivity contribution in [3.05, 3.63) is 65.9 Å². The molecule has 118 valence electrons. The van der Waals surface area contributed by atoms with Crippen LogP contribution in [0.3, 0.4) is 0 Å². The summed E-state index contributed by atoms with van der Waals surface area (Å²) in [6, 6.07) is 14.8. The molecule has 5 heteroatoms. The fourth-order valence-electron chi connectivity index (χ4n) is 2.49. The van der Waals surface area contributed by atoms with Crippen LogP contribution in [0.15, 0.2) is 54.7 Å². The Bertz CT molecular complexity index is 812. The van der Waals surface area contributed by atoms with Gasteiger partial charge in [-0.15, -0.1) is 0 Å². The fourth-order valence-corrected chi connectivity index (χ4v) is 2.49. The van der Waals surface area contributed by atoms with Crippen LogP contribution < -0.4 is 10.5 Å². The maximum atomic E-state index is 10.9. The summed E-state index contributed by atoms with van der Waals surface area (Å²) in [5.74, 6) is -0.237. The minimum Gasteiger partial charge on any atom is -0.489 e. The standard InChI is InChI=1S/C18H18N2O3/c19-16(18(21)22)8-13-10-20-17-9-14(6-7-15(13)17)23-11-12-4-2-1-3-5-12/h1-7,9-10,16,20H,8,11,19H2,(H,21,22). The van der Waals surface area contributed by atoms with Crippen molar-refractivity contribution in [3.8, 4) is 5.75 Å². The van der Waals surface area contributed by atoms with Gasteiger partial charge in [0.15, 0.2) is 0 Å². The molecule has 0 aliphatic carbocycles. The van der Waals surface area contributed by atoms with Crippen LogP contribution in [0, 0.1) is 0 Å². The van der Waals surface area contributed by atoms with Crippen LogP contribution in [0.2, 0.25) is 0 Å². The number of benzene rings is 2. The summed E-state index contributed by atoms with van der Waals surface area (Å²) >= 11 is 0. The predicted octanol–water partition coefficient (Wildman–Crippen LogP) is 2.70. The second-order valence-corrected chi connectivity index (χ2v) is 5.44. The molecule has 0 saturated heterocycles. The Balaban J connectivity index is 1.74. The molecule has 0 spiro atoms. The Morgan fingerprint density at radius 1 is 1.22 bits per heavy atom. The molecule has 0 aliphatic rings. The number of H-pyrrole nitrogens is 1. The molecule has 0 bridgehead atoms. The third kappa shape index (κ3) is 3.52. The SMILES string of the molecule is NC(Cc1c[nH]c2cc(OCc3ccccc3)ccc12)C(=O)O. The topological polar surface area (TPSA) is 88.3 Å². The number of carboxylic acid groups (broad SMARTS) is 1. The van der Waals surface area contributed by atoms with Gasteiger partial charge in [-0.05, 0) is 23.3 Å². The number of nitrogens with one attached hydrogen (secondary N) is 1. The van der Waals surface area contributed by atoms with E-state index in [-0.39, 0.29) is 0 Å². The third-order valence-electron chi connectivity index (χ3n) is 3.74. The molecule has 3 aromatic rings. The van der Waals surface area contributed by atoms with Gasteiger partial charge in [0, 0.05) is 29.6 Å². The van der Waals surface area contributed by atoms with E-state index in [9.17, 15) is 4.79 Å². The summed E-state index contributed by atoms with van der Waals surface area (Å²) in [5.41, 5.74) is 8.51. The summed E-state index contributed by atoms with van der Waals surface area (Å²) < 4.78 is 5.79. The van der Waals surface area contributed by atoms with Crippen LogP contribution in [0.1, 0.15) is 11.1 Å². The number of ether oxygens (including phenoxy) is 1. The summed E-state index contributed by atoms with van der Waals surface area (Å²) in [6.45, 7) is 0.504. The number of aromatic nitrogens is 1. The molecule has 2 aromatic carbocycles. The van der Waals surface area contributed by atoms with Crippen molar-refractivity contribution in [2.24, 2.45) is 5.73 Å². The number of aliphatic carboxylic acids is 1. The van der Waals surface area contributed by atoms with E-state index in [1.54, 1.807) is 6.20 Å². The van der Waals surface area contributed by atoms with Gasteiger partial charge in [-0.1, -0.05) is 30.3 Å². The normalized spacial score (nSPS) is 12.2. The zero-order valence-electron chi connectivity index (χ0n) is 12.5. The minimum atomic E-state index is -0.998. The number of fused-ring (bicyclic) bond motifs is 1. The van der Waals surface area contributed by atoms with Gasteiger partial charge in [0.05, 0.1) is 0 Å². The first-order valence-corrected chi connectivity index (χ1v) is 7.38. The number of carboxylic acids is 1. The minimum absolute atomic E-state index is 0.291. The smallest absolute Gasteiger partial charge is 0.320 e. The lowest BCUT2D eigenvalue weighted by atomic mass is 10.1. The highest BCUT2D eigenvalue weighted by Gasteiger charge is 2.15. The maximum Gasteiger partial charge on any atom is 0.320 e. The Morgan fingerprint density at radius 2 is 2.00 bits per heavy atom. The number of carbonyl (C=O) groups is 1. The Hall–Kier alpha value is -2.79. The van der Waals surface area contributed by atoms with E-state index in [0.29, 0.717) is 13.0 Å². The average molecular weight is 310 g/mol. The lowest BCUT2D eigenvalue weighted by Crippen LogP contribution is -2.32. The molecular weight excluding hydrogens is 292 g/mol. The number of aromatic amines is 1. The van der Waals surface area contributed by atoms with Gasteiger partial charge in [0.25, 0.3) is 0 Å². The highest BCUT2D eigenvalue weighted by molar-refractivity contribution is 5.85. The van der Waals surface area contributed by atoms with Crippen LogP contribution >= 0.6 is 0 Å². The molecule has 5 nitrogen and oxygen atoms in total. The highest BCUT2D eigenvalue weighted by Crippen LogP contribution is 2.24. The van der Waals surface area contributed by atoms with E-state index in [1.807, 2.05) is 48.5 Å². The van der Waals surface area contributed by atoms with Crippen molar-refractivity contribution in [1.82, 2.24) is 4.98 Å². The van der Waals surface area contributed by atoms with E-state index < -0.39 is 12.0 Å². The Morgan fingerprint density at radius 3 is 2.74 bits per heavy atom. The van der Waals surface area contributed by atoms with Crippen molar-refractivity contribution < 1.29 is 14.6 Å². The van der Waals surface area contributed by atoms with Crippen molar-refractivity contribution >= 4 is 16.9 Å².